The fraction of sp³-hybridized carbons (Fsp3) is 0.200. The molecule has 0 radical (unpaired) electrons. The summed E-state index contributed by atoms with van der Waals surface area (Å²) in [6.07, 6.45) is 0. The molecule has 0 fully saturated rings. The van der Waals surface area contributed by atoms with Gasteiger partial charge in [-0.1, -0.05) is 0 Å². The Balaban J connectivity index is 2.62. The summed E-state index contributed by atoms with van der Waals surface area (Å²) < 4.78 is 15.7. The minimum Gasteiger partial charge on any atom is -0.358 e. The maximum Gasteiger partial charge on any atom is 0.239 e. The smallest absolute Gasteiger partial charge is 0.239 e. The van der Waals surface area contributed by atoms with Crippen molar-refractivity contribution in [3.63, 3.8) is 0 Å². The Kier molecular flexibility index (Phi) is 3.30. The minimum atomic E-state index is -0.374. The van der Waals surface area contributed by atoms with E-state index in [1.165, 1.54) is 6.07 Å². The van der Waals surface area contributed by atoms with E-state index in [0.29, 0.717) is 20.3 Å². The third-order valence-corrected chi connectivity index (χ3v) is 3.33. The predicted molar refractivity (Wildman–Crippen MR) is 68.8 cm³/mol. The second-order valence-electron chi connectivity index (χ2n) is 3.47. The molecule has 0 aliphatic heterocycles. The Labute approximate surface area is 110 Å². The summed E-state index contributed by atoms with van der Waals surface area (Å²) in [6.45, 7) is 0.105. The monoisotopic (exact) mass is 317 g/mol. The summed E-state index contributed by atoms with van der Waals surface area (Å²) >= 11 is 8.20. The van der Waals surface area contributed by atoms with E-state index in [4.69, 9.17) is 12.2 Å². The summed E-state index contributed by atoms with van der Waals surface area (Å²) in [7, 11) is 1.55. The third kappa shape index (κ3) is 2.25. The van der Waals surface area contributed by atoms with E-state index in [9.17, 15) is 9.18 Å². The number of carbonyl (C=O) groups excluding carboxylic acids is 1. The van der Waals surface area contributed by atoms with Gasteiger partial charge in [0.25, 0.3) is 0 Å². The van der Waals surface area contributed by atoms with Crippen LogP contribution in [0.4, 0.5) is 4.39 Å². The van der Waals surface area contributed by atoms with Crippen molar-refractivity contribution < 1.29 is 9.18 Å². The van der Waals surface area contributed by atoms with Crippen LogP contribution in [0.15, 0.2) is 16.6 Å². The summed E-state index contributed by atoms with van der Waals surface area (Å²) in [4.78, 5) is 14.2. The first-order valence-corrected chi connectivity index (χ1v) is 6.01. The van der Waals surface area contributed by atoms with Gasteiger partial charge in [-0.2, -0.15) is 0 Å². The summed E-state index contributed by atoms with van der Waals surface area (Å²) in [5.41, 5.74) is 1.26. The number of fused-ring (bicyclic) bond motifs is 1. The molecule has 4 nitrogen and oxygen atoms in total. The first-order valence-electron chi connectivity index (χ1n) is 4.81. The van der Waals surface area contributed by atoms with Gasteiger partial charge < -0.3 is 14.9 Å². The highest BCUT2D eigenvalue weighted by atomic mass is 79.9. The molecule has 2 aromatic rings. The number of hydrogen-bond donors (Lipinski definition) is 2. The normalized spacial score (nSPS) is 10.8. The van der Waals surface area contributed by atoms with Gasteiger partial charge in [0.15, 0.2) is 4.77 Å². The molecule has 1 heterocycles. The predicted octanol–water partition coefficient (Wildman–Crippen LogP) is 2.35. The van der Waals surface area contributed by atoms with Gasteiger partial charge in [0, 0.05) is 13.1 Å². The van der Waals surface area contributed by atoms with Crippen molar-refractivity contribution in [2.45, 2.75) is 6.54 Å². The molecule has 7 heteroatoms. The Morgan fingerprint density at radius 3 is 3.00 bits per heavy atom. The zero-order valence-corrected chi connectivity index (χ0v) is 11.3. The lowest BCUT2D eigenvalue weighted by atomic mass is 10.3. The van der Waals surface area contributed by atoms with Crippen LogP contribution in [0.25, 0.3) is 11.0 Å². The van der Waals surface area contributed by atoms with Crippen molar-refractivity contribution in [1.82, 2.24) is 14.9 Å². The number of nitrogens with one attached hydrogen (secondary N) is 2. The van der Waals surface area contributed by atoms with Gasteiger partial charge in [0.2, 0.25) is 5.91 Å². The lowest BCUT2D eigenvalue weighted by molar-refractivity contribution is -0.121. The molecule has 0 saturated carbocycles. The summed E-state index contributed by atoms with van der Waals surface area (Å²) in [5, 5.41) is 2.52. The quantitative estimate of drug-likeness (QED) is 0.835. The SMILES string of the molecule is CNC(=O)Cn1c(=S)[nH]c2cc(F)c(Br)cc21. The number of halogens is 2. The number of aromatic amines is 1. The van der Waals surface area contributed by atoms with Gasteiger partial charge in [0.05, 0.1) is 15.5 Å². The molecular formula is C10H9BrFN3OS. The van der Waals surface area contributed by atoms with E-state index in [1.807, 2.05) is 0 Å². The van der Waals surface area contributed by atoms with E-state index < -0.39 is 0 Å². The Bertz CT molecular complexity index is 649. The van der Waals surface area contributed by atoms with Gasteiger partial charge in [-0.05, 0) is 34.2 Å². The average Bonchev–Trinajstić information content (AvgIpc) is 2.56. The highest BCUT2D eigenvalue weighted by Gasteiger charge is 2.10. The van der Waals surface area contributed by atoms with Crippen molar-refractivity contribution in [2.24, 2.45) is 0 Å². The van der Waals surface area contributed by atoms with Gasteiger partial charge >= 0.3 is 0 Å². The van der Waals surface area contributed by atoms with Gasteiger partial charge in [-0.3, -0.25) is 4.79 Å². The van der Waals surface area contributed by atoms with E-state index in [1.54, 1.807) is 17.7 Å². The molecule has 0 aliphatic rings. The van der Waals surface area contributed by atoms with Crippen LogP contribution in [0, 0.1) is 10.6 Å². The molecule has 17 heavy (non-hydrogen) atoms. The molecule has 0 atom stereocenters. The standard InChI is InChI=1S/C10H9BrFN3OS/c1-13-9(16)4-15-8-2-5(11)6(12)3-7(8)14-10(15)17/h2-3H,4H2,1H3,(H,13,16)(H,14,17). The number of amides is 1. The zero-order chi connectivity index (χ0) is 12.6. The molecule has 0 aliphatic carbocycles. The van der Waals surface area contributed by atoms with Crippen LogP contribution in [-0.2, 0) is 11.3 Å². The number of imidazole rings is 1. The number of carbonyl (C=O) groups is 1. The van der Waals surface area contributed by atoms with Crippen LogP contribution >= 0.6 is 28.1 Å². The van der Waals surface area contributed by atoms with Crippen molar-refractivity contribution in [3.05, 3.63) is 27.2 Å². The fourth-order valence-electron chi connectivity index (χ4n) is 1.53. The molecule has 0 saturated heterocycles. The van der Waals surface area contributed by atoms with Crippen LogP contribution in [0.3, 0.4) is 0 Å². The molecule has 2 rings (SSSR count). The first kappa shape index (κ1) is 12.3. The van der Waals surface area contributed by atoms with E-state index in [-0.39, 0.29) is 18.3 Å². The van der Waals surface area contributed by atoms with Crippen molar-refractivity contribution in [1.29, 1.82) is 0 Å². The fourth-order valence-corrected chi connectivity index (χ4v) is 2.14. The molecule has 1 aromatic carbocycles. The average molecular weight is 318 g/mol. The largest absolute Gasteiger partial charge is 0.358 e. The van der Waals surface area contributed by atoms with Gasteiger partial charge in [0.1, 0.15) is 12.4 Å². The Morgan fingerprint density at radius 2 is 2.35 bits per heavy atom. The number of benzene rings is 1. The Hall–Kier alpha value is -1.21. The van der Waals surface area contributed by atoms with E-state index in [2.05, 4.69) is 26.2 Å². The van der Waals surface area contributed by atoms with E-state index in [0.717, 1.165) is 0 Å². The first-order chi connectivity index (χ1) is 8.02. The number of hydrogen-bond acceptors (Lipinski definition) is 2. The molecule has 1 aromatic heterocycles. The zero-order valence-electron chi connectivity index (χ0n) is 8.88. The number of aromatic nitrogens is 2. The summed E-state index contributed by atoms with van der Waals surface area (Å²) in [6, 6.07) is 2.94. The number of likely N-dealkylation sites (N-methyl/N-ethyl adjacent to an activating group) is 1. The molecule has 0 unspecified atom stereocenters. The van der Waals surface area contributed by atoms with Gasteiger partial charge in [-0.25, -0.2) is 4.39 Å². The van der Waals surface area contributed by atoms with Crippen LogP contribution in [0.2, 0.25) is 0 Å². The maximum atomic E-state index is 13.3. The molecule has 2 N–H and O–H groups in total. The lowest BCUT2D eigenvalue weighted by Gasteiger charge is -2.03. The van der Waals surface area contributed by atoms with E-state index >= 15 is 0 Å². The number of H-pyrrole nitrogens is 1. The van der Waals surface area contributed by atoms with Crippen LogP contribution in [-0.4, -0.2) is 22.5 Å². The highest BCUT2D eigenvalue weighted by Crippen LogP contribution is 2.23. The molecule has 1 amide bonds. The molecular weight excluding hydrogens is 309 g/mol. The second-order valence-corrected chi connectivity index (χ2v) is 4.71. The van der Waals surface area contributed by atoms with Crippen LogP contribution in [0.1, 0.15) is 0 Å². The molecule has 90 valence electrons. The molecule has 0 spiro atoms. The van der Waals surface area contributed by atoms with Crippen molar-refractivity contribution in [2.75, 3.05) is 7.05 Å². The van der Waals surface area contributed by atoms with Crippen molar-refractivity contribution >= 4 is 45.1 Å². The third-order valence-electron chi connectivity index (χ3n) is 2.40. The van der Waals surface area contributed by atoms with Crippen molar-refractivity contribution in [3.8, 4) is 0 Å². The molecule has 0 bridgehead atoms. The minimum absolute atomic E-state index is 0.105. The second kappa shape index (κ2) is 4.58. The highest BCUT2D eigenvalue weighted by molar-refractivity contribution is 9.10. The topological polar surface area (TPSA) is 49.8 Å². The number of rotatable bonds is 2. The van der Waals surface area contributed by atoms with Gasteiger partial charge in [-0.15, -0.1) is 0 Å². The van der Waals surface area contributed by atoms with Crippen LogP contribution < -0.4 is 5.32 Å². The maximum absolute atomic E-state index is 13.3. The number of nitrogens with zero attached hydrogens (tertiary/aromatic N) is 1. The Morgan fingerprint density at radius 1 is 1.65 bits per heavy atom. The van der Waals surface area contributed by atoms with Crippen LogP contribution in [0.5, 0.6) is 0 Å². The summed E-state index contributed by atoms with van der Waals surface area (Å²) in [5.74, 6) is -0.539. The lowest BCUT2D eigenvalue weighted by Crippen LogP contribution is -2.23.